The number of imidazole rings is 1. The number of H-pyrrole nitrogens is 1. The van der Waals surface area contributed by atoms with Gasteiger partial charge in [0.15, 0.2) is 0 Å². The molecule has 1 amide bonds. The summed E-state index contributed by atoms with van der Waals surface area (Å²) >= 11 is 1.39. The van der Waals surface area contributed by atoms with Crippen LogP contribution in [0.1, 0.15) is 16.1 Å². The third-order valence-corrected chi connectivity index (χ3v) is 4.13. The van der Waals surface area contributed by atoms with Crippen molar-refractivity contribution in [2.24, 2.45) is 0 Å². The van der Waals surface area contributed by atoms with Gasteiger partial charge in [0.25, 0.3) is 12.5 Å². The topological polar surface area (TPSA) is 88.4 Å². The number of hydrogen-bond acceptors (Lipinski definition) is 5. The molecule has 0 saturated heterocycles. The molecular weight excluding hydrogens is 328 g/mol. The normalized spacial score (nSPS) is 11.4. The molecule has 1 aromatic heterocycles. The summed E-state index contributed by atoms with van der Waals surface area (Å²) < 4.78 is 4.77. The lowest BCUT2D eigenvalue weighted by Crippen LogP contribution is -2.43. The van der Waals surface area contributed by atoms with E-state index in [2.05, 4.69) is 20.1 Å². The summed E-state index contributed by atoms with van der Waals surface area (Å²) in [6.07, 6.45) is 5.19. The van der Waals surface area contributed by atoms with Crippen molar-refractivity contribution >= 4 is 29.3 Å². The van der Waals surface area contributed by atoms with E-state index in [1.54, 1.807) is 24.4 Å². The Morgan fingerprint density at radius 2 is 2.29 bits per heavy atom. The zero-order valence-electron chi connectivity index (χ0n) is 13.3. The van der Waals surface area contributed by atoms with E-state index in [-0.39, 0.29) is 12.3 Å². The predicted molar refractivity (Wildman–Crippen MR) is 91.7 cm³/mol. The number of aromatic nitrogens is 2. The van der Waals surface area contributed by atoms with Crippen molar-refractivity contribution in [2.75, 3.05) is 13.4 Å². The fourth-order valence-electron chi connectivity index (χ4n) is 2.14. The highest BCUT2D eigenvalue weighted by Gasteiger charge is 2.24. The minimum Gasteiger partial charge on any atom is -0.467 e. The van der Waals surface area contributed by atoms with Gasteiger partial charge in [-0.3, -0.25) is 4.79 Å². The predicted octanol–water partition coefficient (Wildman–Crippen LogP) is 2.24. The van der Waals surface area contributed by atoms with Crippen LogP contribution in [0, 0.1) is 6.57 Å². The second kappa shape index (κ2) is 8.17. The number of ether oxygens (including phenoxy) is 1. The maximum Gasteiger partial charge on any atom is 0.341 e. The molecule has 2 aromatic rings. The number of nitrogens with one attached hydrogen (secondary N) is 2. The molecule has 0 fully saturated rings. The molecule has 0 aliphatic rings. The van der Waals surface area contributed by atoms with Crippen molar-refractivity contribution in [3.05, 3.63) is 46.8 Å². The maximum absolute atomic E-state index is 12.6. The molecule has 0 radical (unpaired) electrons. The number of aromatic amines is 1. The zero-order valence-corrected chi connectivity index (χ0v) is 14.1. The van der Waals surface area contributed by atoms with Gasteiger partial charge in [0, 0.05) is 35.3 Å². The van der Waals surface area contributed by atoms with E-state index in [9.17, 15) is 9.59 Å². The van der Waals surface area contributed by atoms with Crippen LogP contribution >= 0.6 is 11.8 Å². The van der Waals surface area contributed by atoms with Gasteiger partial charge in [-0.15, -0.1) is 11.8 Å². The first-order valence-electron chi connectivity index (χ1n) is 7.04. The Balaban J connectivity index is 2.21. The van der Waals surface area contributed by atoms with Crippen LogP contribution < -0.4 is 5.32 Å². The zero-order chi connectivity index (χ0) is 17.5. The third kappa shape index (κ3) is 4.14. The quantitative estimate of drug-likeness (QED) is 0.619. The largest absolute Gasteiger partial charge is 0.467 e. The molecule has 0 bridgehead atoms. The smallest absolute Gasteiger partial charge is 0.341 e. The molecule has 24 heavy (non-hydrogen) atoms. The summed E-state index contributed by atoms with van der Waals surface area (Å²) in [7, 11) is 1.28. The number of benzene rings is 1. The Morgan fingerprint density at radius 3 is 2.88 bits per heavy atom. The summed E-state index contributed by atoms with van der Waals surface area (Å²) in [6.45, 7) is 5.26. The lowest BCUT2D eigenvalue weighted by molar-refractivity contribution is -0.142. The van der Waals surface area contributed by atoms with Gasteiger partial charge in [-0.2, -0.15) is 0 Å². The fraction of sp³-hybridized carbons (Fsp3) is 0.250. The Kier molecular flexibility index (Phi) is 5.98. The number of amides is 1. The van der Waals surface area contributed by atoms with E-state index in [1.807, 2.05) is 6.26 Å². The van der Waals surface area contributed by atoms with E-state index in [1.165, 1.54) is 25.2 Å². The van der Waals surface area contributed by atoms with Crippen molar-refractivity contribution in [3.8, 4) is 6.57 Å². The van der Waals surface area contributed by atoms with Crippen LogP contribution in [-0.4, -0.2) is 41.3 Å². The van der Waals surface area contributed by atoms with E-state index in [0.717, 1.165) is 0 Å². The molecular formula is C16H17N4O3S+. The molecule has 124 valence electrons. The molecule has 0 aliphatic heterocycles. The molecule has 2 rings (SSSR count). The first kappa shape index (κ1) is 17.6. The van der Waals surface area contributed by atoms with Crippen LogP contribution in [0.15, 0.2) is 35.6 Å². The van der Waals surface area contributed by atoms with Gasteiger partial charge in [0.05, 0.1) is 19.0 Å². The minimum absolute atomic E-state index is 0.253. The number of methoxy groups -OCH3 is 1. The minimum atomic E-state index is -0.823. The summed E-state index contributed by atoms with van der Waals surface area (Å²) in [5.74, 6) is -0.907. The van der Waals surface area contributed by atoms with Gasteiger partial charge >= 0.3 is 11.7 Å². The molecule has 1 heterocycles. The molecule has 0 spiro atoms. The lowest BCUT2D eigenvalue weighted by Gasteiger charge is -2.16. The first-order valence-corrected chi connectivity index (χ1v) is 8.26. The van der Waals surface area contributed by atoms with Crippen LogP contribution in [0.5, 0.6) is 0 Å². The molecule has 1 aromatic carbocycles. The van der Waals surface area contributed by atoms with E-state index < -0.39 is 12.0 Å². The van der Waals surface area contributed by atoms with Gasteiger partial charge in [-0.1, -0.05) is 0 Å². The van der Waals surface area contributed by atoms with Crippen LogP contribution in [0.4, 0.5) is 5.69 Å². The maximum atomic E-state index is 12.6. The number of thioether (sulfide) groups is 1. The van der Waals surface area contributed by atoms with Crippen molar-refractivity contribution in [1.82, 2.24) is 15.3 Å². The molecule has 2 N–H and O–H groups in total. The number of hydrogen-bond donors (Lipinski definition) is 2. The van der Waals surface area contributed by atoms with Crippen LogP contribution in [0.2, 0.25) is 0 Å². The standard InChI is InChI=1S/C16H16N4O3S/c1-17-10-4-5-12(14(7-10)24-3)15(21)20-13(16(22)23-2)6-11-8-18-9-19-11/h1,4-5,7-9,13H,6H2,2-3H3,(H-,18,19,20,21)/p+1/t13-/m1/s1. The van der Waals surface area contributed by atoms with Crippen molar-refractivity contribution < 1.29 is 14.3 Å². The Hall–Kier alpha value is -2.79. The van der Waals surface area contributed by atoms with Gasteiger partial charge in [0.1, 0.15) is 6.04 Å². The van der Waals surface area contributed by atoms with Gasteiger partial charge in [0.2, 0.25) is 0 Å². The second-order valence-electron chi connectivity index (χ2n) is 4.84. The summed E-state index contributed by atoms with van der Waals surface area (Å²) in [6, 6.07) is 4.15. The number of carbonyl (C=O) groups excluding carboxylic acids is 2. The molecule has 8 heteroatoms. The Labute approximate surface area is 143 Å². The van der Waals surface area contributed by atoms with Gasteiger partial charge < -0.3 is 15.0 Å². The second-order valence-corrected chi connectivity index (χ2v) is 5.69. The Morgan fingerprint density at radius 1 is 1.50 bits per heavy atom. The molecule has 0 saturated carbocycles. The first-order chi connectivity index (χ1) is 11.6. The lowest BCUT2D eigenvalue weighted by atomic mass is 10.1. The van der Waals surface area contributed by atoms with Crippen molar-refractivity contribution in [3.63, 3.8) is 0 Å². The fourth-order valence-corrected chi connectivity index (χ4v) is 2.75. The summed E-state index contributed by atoms with van der Waals surface area (Å²) in [5, 5.41) is 2.70. The average Bonchev–Trinajstić information content (AvgIpc) is 3.12. The molecule has 1 atom stereocenters. The van der Waals surface area contributed by atoms with E-state index >= 15 is 0 Å². The van der Waals surface area contributed by atoms with E-state index in [0.29, 0.717) is 21.8 Å². The Bertz CT molecular complexity index is 768. The average molecular weight is 345 g/mol. The highest BCUT2D eigenvalue weighted by molar-refractivity contribution is 7.98. The summed E-state index contributed by atoms with van der Waals surface area (Å²) in [5.41, 5.74) is 1.72. The molecule has 7 nitrogen and oxygen atoms in total. The van der Waals surface area contributed by atoms with Crippen molar-refractivity contribution in [2.45, 2.75) is 17.4 Å². The highest BCUT2D eigenvalue weighted by Crippen LogP contribution is 2.26. The molecule has 0 aliphatic carbocycles. The number of esters is 1. The van der Waals surface area contributed by atoms with Gasteiger partial charge in [-0.05, 0) is 17.2 Å². The van der Waals surface area contributed by atoms with Gasteiger partial charge in [-0.25, -0.2) is 9.78 Å². The van der Waals surface area contributed by atoms with Crippen LogP contribution in [-0.2, 0) is 16.0 Å². The highest BCUT2D eigenvalue weighted by atomic mass is 32.2. The SMILES string of the molecule is C#[N+]c1ccc(C(=O)N[C@H](Cc2cnc[nH]2)C(=O)OC)c(SC)c1. The van der Waals surface area contributed by atoms with Crippen LogP contribution in [0.3, 0.4) is 0 Å². The number of carbonyl (C=O) groups is 2. The third-order valence-electron chi connectivity index (χ3n) is 3.35. The number of nitrogens with zero attached hydrogens (tertiary/aromatic N) is 2. The summed E-state index contributed by atoms with van der Waals surface area (Å²) in [4.78, 5) is 35.6. The molecule has 0 unspecified atom stereocenters. The van der Waals surface area contributed by atoms with Crippen molar-refractivity contribution in [1.29, 1.82) is 0 Å². The van der Waals surface area contributed by atoms with Crippen LogP contribution in [0.25, 0.3) is 4.85 Å². The monoisotopic (exact) mass is 345 g/mol. The van der Waals surface area contributed by atoms with E-state index in [4.69, 9.17) is 11.3 Å². The number of rotatable bonds is 6.